The number of carbonyl (C=O) groups excluding carboxylic acids is 2. The highest BCUT2D eigenvalue weighted by Gasteiger charge is 2.37. The number of aromatic nitrogens is 3. The second-order valence-corrected chi connectivity index (χ2v) is 12.9. The minimum Gasteiger partial charge on any atom is -0.505 e. The number of ether oxygens (including phenoxy) is 3. The Kier molecular flexibility index (Phi) is 11.9. The number of esters is 2. The van der Waals surface area contributed by atoms with Gasteiger partial charge in [-0.25, -0.2) is 0 Å². The average molecular weight is 712 g/mol. The molecule has 0 aliphatic carbocycles. The van der Waals surface area contributed by atoms with Gasteiger partial charge >= 0.3 is 11.9 Å². The third kappa shape index (κ3) is 9.10. The first-order chi connectivity index (χ1) is 20.2. The molecule has 0 saturated heterocycles. The van der Waals surface area contributed by atoms with Gasteiger partial charge in [0.2, 0.25) is 0 Å². The van der Waals surface area contributed by atoms with Crippen LogP contribution in [0, 0.1) is 11.3 Å². The van der Waals surface area contributed by atoms with Crippen LogP contribution < -0.4 is 0 Å². The molecule has 2 aromatic carbocycles. The maximum Gasteiger partial charge on any atom is 0.308 e. The smallest absolute Gasteiger partial charge is 0.308 e. The van der Waals surface area contributed by atoms with Crippen LogP contribution in [0.5, 0.6) is 5.75 Å². The standard InChI is InChI=1S/C31H42IN3O8/c1-19(28(39)41-6)15-31(5,18-32)29(40)43-17-21(36)16-42-26(37)12-11-20-13-22(30(2,3)4)27(38)25(14-20)35-33-23-9-7-8-10-24(23)34-35/h7-10,13-14,19,21,29,36,38,40H,11-12,15-18H2,1-6H3. The molecule has 0 aliphatic rings. The van der Waals surface area contributed by atoms with Crippen molar-refractivity contribution in [2.75, 3.05) is 24.8 Å². The van der Waals surface area contributed by atoms with Crippen LogP contribution in [-0.2, 0) is 35.6 Å². The fourth-order valence-electron chi connectivity index (χ4n) is 4.68. The molecule has 4 unspecified atom stereocenters. The first kappa shape index (κ1) is 34.7. The number of alkyl halides is 1. The normalized spacial score (nSPS) is 15.5. The molecule has 0 amide bonds. The van der Waals surface area contributed by atoms with E-state index in [1.807, 2.05) is 51.1 Å². The summed E-state index contributed by atoms with van der Waals surface area (Å²) in [6.45, 7) is 8.91. The molecule has 0 spiro atoms. The number of methoxy groups -OCH3 is 1. The van der Waals surface area contributed by atoms with Crippen molar-refractivity contribution in [3.8, 4) is 11.4 Å². The van der Waals surface area contributed by atoms with Crippen LogP contribution >= 0.6 is 22.6 Å². The van der Waals surface area contributed by atoms with Gasteiger partial charge in [0.1, 0.15) is 35.2 Å². The van der Waals surface area contributed by atoms with Crippen molar-refractivity contribution in [2.45, 2.75) is 71.7 Å². The maximum absolute atomic E-state index is 12.6. The second kappa shape index (κ2) is 14.8. The Bertz CT molecular complexity index is 1370. The molecule has 1 aromatic heterocycles. The molecular formula is C31H42IN3O8. The summed E-state index contributed by atoms with van der Waals surface area (Å²) >= 11 is 2.12. The number of aliphatic hydroxyl groups is 2. The SMILES string of the molecule is COC(=O)C(C)CC(C)(CI)C(O)OCC(O)COC(=O)CCc1cc(-n2nc3ccccc3n2)c(O)c(C(C)(C)C)c1. The zero-order chi connectivity index (χ0) is 31.9. The van der Waals surface area contributed by atoms with Gasteiger partial charge in [0, 0.05) is 21.8 Å². The third-order valence-electron chi connectivity index (χ3n) is 7.24. The molecule has 0 aliphatic heterocycles. The van der Waals surface area contributed by atoms with Gasteiger partial charge in [-0.05, 0) is 42.0 Å². The summed E-state index contributed by atoms with van der Waals surface area (Å²) in [4.78, 5) is 25.8. The lowest BCUT2D eigenvalue weighted by Crippen LogP contribution is -2.40. The lowest BCUT2D eigenvalue weighted by atomic mass is 9.82. The zero-order valence-corrected chi connectivity index (χ0v) is 27.7. The van der Waals surface area contributed by atoms with Crippen molar-refractivity contribution < 1.29 is 39.1 Å². The molecule has 3 rings (SSSR count). The molecule has 43 heavy (non-hydrogen) atoms. The van der Waals surface area contributed by atoms with Gasteiger partial charge in [-0.2, -0.15) is 0 Å². The number of aliphatic hydroxyl groups excluding tert-OH is 2. The van der Waals surface area contributed by atoms with Crippen LogP contribution in [0.2, 0.25) is 0 Å². The van der Waals surface area contributed by atoms with Crippen molar-refractivity contribution in [1.29, 1.82) is 0 Å². The van der Waals surface area contributed by atoms with Crippen molar-refractivity contribution in [2.24, 2.45) is 11.3 Å². The summed E-state index contributed by atoms with van der Waals surface area (Å²) in [5, 5.41) is 41.1. The van der Waals surface area contributed by atoms with Crippen molar-refractivity contribution in [3.63, 3.8) is 0 Å². The molecule has 0 saturated carbocycles. The van der Waals surface area contributed by atoms with Gasteiger partial charge in [-0.3, -0.25) is 9.59 Å². The number of rotatable bonds is 14. The van der Waals surface area contributed by atoms with E-state index >= 15 is 0 Å². The summed E-state index contributed by atoms with van der Waals surface area (Å²) in [6, 6.07) is 11.0. The first-order valence-electron chi connectivity index (χ1n) is 14.1. The predicted octanol–water partition coefficient (Wildman–Crippen LogP) is 4.24. The molecule has 3 N–H and O–H groups in total. The predicted molar refractivity (Wildman–Crippen MR) is 169 cm³/mol. The van der Waals surface area contributed by atoms with Crippen molar-refractivity contribution in [3.05, 3.63) is 47.5 Å². The van der Waals surface area contributed by atoms with Gasteiger partial charge in [-0.15, -0.1) is 15.0 Å². The van der Waals surface area contributed by atoms with Gasteiger partial charge < -0.3 is 29.5 Å². The molecule has 4 atom stereocenters. The molecule has 11 nitrogen and oxygen atoms in total. The summed E-state index contributed by atoms with van der Waals surface area (Å²) in [5.74, 6) is -1.25. The quantitative estimate of drug-likeness (QED) is 0.0959. The van der Waals surface area contributed by atoms with Crippen LogP contribution in [0.15, 0.2) is 36.4 Å². The summed E-state index contributed by atoms with van der Waals surface area (Å²) in [7, 11) is 1.32. The number of fused-ring (bicyclic) bond motifs is 1. The molecule has 3 aromatic rings. The minimum absolute atomic E-state index is 0.0385. The number of aromatic hydroxyl groups is 1. The van der Waals surface area contributed by atoms with E-state index in [2.05, 4.69) is 32.8 Å². The molecule has 0 fully saturated rings. The van der Waals surface area contributed by atoms with Crippen LogP contribution in [0.25, 0.3) is 16.7 Å². The summed E-state index contributed by atoms with van der Waals surface area (Å²) < 4.78 is 16.0. The first-order valence-corrected chi connectivity index (χ1v) is 15.7. The van der Waals surface area contributed by atoms with Crippen LogP contribution in [0.1, 0.15) is 58.6 Å². The summed E-state index contributed by atoms with van der Waals surface area (Å²) in [5.41, 5.74) is 2.15. The van der Waals surface area contributed by atoms with E-state index in [9.17, 15) is 24.9 Å². The number of phenolic OH excluding ortho intramolecular Hbond substituents is 1. The van der Waals surface area contributed by atoms with Gasteiger partial charge in [-0.1, -0.05) is 75.4 Å². The second-order valence-electron chi connectivity index (χ2n) is 12.2. The fourth-order valence-corrected chi connectivity index (χ4v) is 5.37. The van der Waals surface area contributed by atoms with Crippen LogP contribution in [0.4, 0.5) is 0 Å². The Morgan fingerprint density at radius 1 is 1.05 bits per heavy atom. The molecule has 236 valence electrons. The summed E-state index contributed by atoms with van der Waals surface area (Å²) in [6.07, 6.45) is -1.70. The molecule has 1 heterocycles. The number of halogens is 1. The topological polar surface area (TPSA) is 153 Å². The van der Waals surface area contributed by atoms with E-state index in [1.54, 1.807) is 19.9 Å². The Morgan fingerprint density at radius 2 is 1.67 bits per heavy atom. The largest absolute Gasteiger partial charge is 0.505 e. The van der Waals surface area contributed by atoms with Gasteiger partial charge in [0.05, 0.1) is 19.6 Å². The lowest BCUT2D eigenvalue weighted by Gasteiger charge is -2.34. The van der Waals surface area contributed by atoms with Crippen LogP contribution in [0.3, 0.4) is 0 Å². The number of hydrogen-bond acceptors (Lipinski definition) is 10. The molecular weight excluding hydrogens is 669 g/mol. The number of benzene rings is 2. The van der Waals surface area contributed by atoms with E-state index in [4.69, 9.17) is 14.2 Å². The average Bonchev–Trinajstić information content (AvgIpc) is 3.41. The van der Waals surface area contributed by atoms with Crippen molar-refractivity contribution in [1.82, 2.24) is 15.0 Å². The maximum atomic E-state index is 12.6. The van der Waals surface area contributed by atoms with E-state index in [0.717, 1.165) is 5.56 Å². The highest BCUT2D eigenvalue weighted by molar-refractivity contribution is 14.1. The monoisotopic (exact) mass is 711 g/mol. The number of carbonyl (C=O) groups is 2. The number of nitrogens with zero attached hydrogens (tertiary/aromatic N) is 3. The van der Waals surface area contributed by atoms with Crippen LogP contribution in [-0.4, -0.2) is 79.4 Å². The number of aryl methyl sites for hydroxylation is 1. The fraction of sp³-hybridized carbons (Fsp3) is 0.548. The molecule has 12 heteroatoms. The highest BCUT2D eigenvalue weighted by atomic mass is 127. The Labute approximate surface area is 265 Å². The minimum atomic E-state index is -1.25. The molecule has 0 bridgehead atoms. The Morgan fingerprint density at radius 3 is 2.23 bits per heavy atom. The molecule has 0 radical (unpaired) electrons. The highest BCUT2D eigenvalue weighted by Crippen LogP contribution is 2.37. The zero-order valence-electron chi connectivity index (χ0n) is 25.5. The number of hydrogen-bond donors (Lipinski definition) is 3. The van der Waals surface area contributed by atoms with E-state index < -0.39 is 29.7 Å². The van der Waals surface area contributed by atoms with Gasteiger partial charge in [0.25, 0.3) is 0 Å². The number of phenols is 1. The lowest BCUT2D eigenvalue weighted by molar-refractivity contribution is -0.187. The van der Waals surface area contributed by atoms with Gasteiger partial charge in [0.15, 0.2) is 6.29 Å². The van der Waals surface area contributed by atoms with E-state index in [1.165, 1.54) is 11.9 Å². The third-order valence-corrected chi connectivity index (χ3v) is 8.98. The van der Waals surface area contributed by atoms with E-state index in [0.29, 0.717) is 39.6 Å². The Balaban J connectivity index is 1.59. The van der Waals surface area contributed by atoms with Crippen molar-refractivity contribution >= 4 is 45.6 Å². The Hall–Kier alpha value is -2.81. The van der Waals surface area contributed by atoms with E-state index in [-0.39, 0.29) is 36.8 Å².